The minimum Gasteiger partial charge on any atom is -0.317 e. The lowest BCUT2D eigenvalue weighted by molar-refractivity contribution is 0.324. The van der Waals surface area contributed by atoms with Crippen LogP contribution < -0.4 is 5.32 Å². The third-order valence-electron chi connectivity index (χ3n) is 4.73. The van der Waals surface area contributed by atoms with Crippen LogP contribution in [0, 0.1) is 0 Å². The molecule has 1 aromatic heterocycles. The van der Waals surface area contributed by atoms with Crippen LogP contribution >= 0.6 is 0 Å². The molecule has 1 aromatic carbocycles. The average Bonchev–Trinajstić information content (AvgIpc) is 2.99. The minimum atomic E-state index is 0.223. The monoisotopic (exact) mass is 283 g/mol. The minimum absolute atomic E-state index is 0.223. The molecule has 0 saturated carbocycles. The molecule has 2 aromatic rings. The van der Waals surface area contributed by atoms with E-state index in [0.29, 0.717) is 0 Å². The summed E-state index contributed by atoms with van der Waals surface area (Å²) in [6, 6.07) is 8.73. The standard InChI is InChI=1S/C18H25N3/c1-3-6-15-7-4-5-8-16(15)21-14-20-13-17(21)18(2)9-11-19-12-10-18/h4-5,7-8,13-14,19H,3,6,9-12H2,1-2H3. The maximum absolute atomic E-state index is 4.46. The van der Waals surface area contributed by atoms with Crippen LogP contribution in [0.5, 0.6) is 0 Å². The van der Waals surface area contributed by atoms with Crippen LogP contribution in [0.25, 0.3) is 5.69 Å². The van der Waals surface area contributed by atoms with Gasteiger partial charge in [-0.3, -0.25) is 0 Å². The molecule has 0 bridgehead atoms. The quantitative estimate of drug-likeness (QED) is 0.931. The molecule has 1 aliphatic heterocycles. The third kappa shape index (κ3) is 2.75. The molecule has 21 heavy (non-hydrogen) atoms. The van der Waals surface area contributed by atoms with Gasteiger partial charge >= 0.3 is 0 Å². The van der Waals surface area contributed by atoms with Gasteiger partial charge in [-0.25, -0.2) is 4.98 Å². The van der Waals surface area contributed by atoms with Crippen LogP contribution in [0.3, 0.4) is 0 Å². The number of rotatable bonds is 4. The molecule has 3 nitrogen and oxygen atoms in total. The van der Waals surface area contributed by atoms with Gasteiger partial charge in [0.15, 0.2) is 0 Å². The summed E-state index contributed by atoms with van der Waals surface area (Å²) in [7, 11) is 0. The average molecular weight is 283 g/mol. The summed E-state index contributed by atoms with van der Waals surface area (Å²) >= 11 is 0. The molecule has 0 aliphatic carbocycles. The van der Waals surface area contributed by atoms with E-state index in [4.69, 9.17) is 0 Å². The van der Waals surface area contributed by atoms with E-state index in [1.54, 1.807) is 0 Å². The fourth-order valence-electron chi connectivity index (χ4n) is 3.39. The lowest BCUT2D eigenvalue weighted by Gasteiger charge is -2.34. The van der Waals surface area contributed by atoms with Crippen molar-refractivity contribution in [2.45, 2.75) is 44.9 Å². The lowest BCUT2D eigenvalue weighted by atomic mass is 9.78. The second-order valence-corrected chi connectivity index (χ2v) is 6.34. The summed E-state index contributed by atoms with van der Waals surface area (Å²) in [5.74, 6) is 0. The van der Waals surface area contributed by atoms with E-state index >= 15 is 0 Å². The van der Waals surface area contributed by atoms with Crippen LogP contribution in [0.15, 0.2) is 36.8 Å². The van der Waals surface area contributed by atoms with Gasteiger partial charge in [0, 0.05) is 23.0 Å². The predicted molar refractivity (Wildman–Crippen MR) is 87.0 cm³/mol. The molecule has 0 spiro atoms. The Bertz CT molecular complexity index is 594. The molecule has 2 heterocycles. The van der Waals surface area contributed by atoms with Crippen LogP contribution in [-0.4, -0.2) is 22.6 Å². The Morgan fingerprint density at radius 3 is 2.76 bits per heavy atom. The Morgan fingerprint density at radius 1 is 1.24 bits per heavy atom. The first-order chi connectivity index (χ1) is 10.2. The highest BCUT2D eigenvalue weighted by Gasteiger charge is 2.32. The predicted octanol–water partition coefficient (Wildman–Crippen LogP) is 3.47. The van der Waals surface area contributed by atoms with Crippen molar-refractivity contribution in [1.29, 1.82) is 0 Å². The molecule has 1 fully saturated rings. The number of hydrogen-bond donors (Lipinski definition) is 1. The molecular weight excluding hydrogens is 258 g/mol. The fraction of sp³-hybridized carbons (Fsp3) is 0.500. The number of para-hydroxylation sites is 1. The zero-order valence-corrected chi connectivity index (χ0v) is 13.1. The normalized spacial score (nSPS) is 17.8. The van der Waals surface area contributed by atoms with Gasteiger partial charge in [-0.1, -0.05) is 38.5 Å². The molecule has 1 aliphatic rings. The number of aryl methyl sites for hydroxylation is 1. The zero-order chi connectivity index (χ0) is 14.7. The van der Waals surface area contributed by atoms with E-state index in [9.17, 15) is 0 Å². The molecule has 0 amide bonds. The first kappa shape index (κ1) is 14.3. The number of aromatic nitrogens is 2. The second kappa shape index (κ2) is 6.02. The summed E-state index contributed by atoms with van der Waals surface area (Å²) in [5.41, 5.74) is 4.29. The highest BCUT2D eigenvalue weighted by Crippen LogP contribution is 2.34. The van der Waals surface area contributed by atoms with Gasteiger partial charge in [0.1, 0.15) is 0 Å². The maximum Gasteiger partial charge on any atom is 0.0994 e. The maximum atomic E-state index is 4.46. The number of nitrogens with zero attached hydrogens (tertiary/aromatic N) is 2. The highest BCUT2D eigenvalue weighted by atomic mass is 15.1. The van der Waals surface area contributed by atoms with Crippen molar-refractivity contribution in [3.8, 4) is 5.69 Å². The van der Waals surface area contributed by atoms with Gasteiger partial charge in [0.2, 0.25) is 0 Å². The Morgan fingerprint density at radius 2 is 2.00 bits per heavy atom. The zero-order valence-electron chi connectivity index (χ0n) is 13.1. The molecule has 0 unspecified atom stereocenters. The second-order valence-electron chi connectivity index (χ2n) is 6.34. The Hall–Kier alpha value is -1.61. The molecule has 1 saturated heterocycles. The van der Waals surface area contributed by atoms with Gasteiger partial charge in [-0.15, -0.1) is 0 Å². The van der Waals surface area contributed by atoms with Gasteiger partial charge in [0.05, 0.1) is 6.33 Å². The number of imidazole rings is 1. The summed E-state index contributed by atoms with van der Waals surface area (Å²) in [6.45, 7) is 6.81. The molecular formula is C18H25N3. The van der Waals surface area contributed by atoms with Crippen LogP contribution in [0.4, 0.5) is 0 Å². The van der Waals surface area contributed by atoms with Crippen LogP contribution in [0.2, 0.25) is 0 Å². The van der Waals surface area contributed by atoms with Crippen molar-refractivity contribution in [3.63, 3.8) is 0 Å². The van der Waals surface area contributed by atoms with E-state index < -0.39 is 0 Å². The van der Waals surface area contributed by atoms with Crippen molar-refractivity contribution in [1.82, 2.24) is 14.9 Å². The number of hydrogen-bond acceptors (Lipinski definition) is 2. The number of nitrogens with one attached hydrogen (secondary N) is 1. The summed E-state index contributed by atoms with van der Waals surface area (Å²) < 4.78 is 2.32. The number of piperidine rings is 1. The van der Waals surface area contributed by atoms with Crippen molar-refractivity contribution in [2.75, 3.05) is 13.1 Å². The van der Waals surface area contributed by atoms with Gasteiger partial charge < -0.3 is 9.88 Å². The van der Waals surface area contributed by atoms with Crippen molar-refractivity contribution in [2.24, 2.45) is 0 Å². The largest absolute Gasteiger partial charge is 0.317 e. The van der Waals surface area contributed by atoms with Crippen LogP contribution in [0.1, 0.15) is 44.4 Å². The molecule has 0 radical (unpaired) electrons. The van der Waals surface area contributed by atoms with Gasteiger partial charge in [-0.2, -0.15) is 0 Å². The van der Waals surface area contributed by atoms with Gasteiger partial charge in [0.25, 0.3) is 0 Å². The van der Waals surface area contributed by atoms with Crippen LogP contribution in [-0.2, 0) is 11.8 Å². The van der Waals surface area contributed by atoms with E-state index in [2.05, 4.69) is 59.2 Å². The van der Waals surface area contributed by atoms with Crippen molar-refractivity contribution in [3.05, 3.63) is 48.0 Å². The van der Waals surface area contributed by atoms with E-state index in [0.717, 1.165) is 19.5 Å². The topological polar surface area (TPSA) is 29.9 Å². The SMILES string of the molecule is CCCc1ccccc1-n1cncc1C1(C)CCNCC1. The smallest absolute Gasteiger partial charge is 0.0994 e. The highest BCUT2D eigenvalue weighted by molar-refractivity contribution is 5.43. The summed E-state index contributed by atoms with van der Waals surface area (Å²) in [4.78, 5) is 4.46. The molecule has 3 heteroatoms. The molecule has 3 rings (SSSR count). The van der Waals surface area contributed by atoms with E-state index in [-0.39, 0.29) is 5.41 Å². The van der Waals surface area contributed by atoms with Crippen molar-refractivity contribution >= 4 is 0 Å². The van der Waals surface area contributed by atoms with E-state index in [1.807, 2.05) is 6.33 Å². The Labute approximate surface area is 127 Å². The molecule has 112 valence electrons. The third-order valence-corrected chi connectivity index (χ3v) is 4.73. The molecule has 0 atom stereocenters. The fourth-order valence-corrected chi connectivity index (χ4v) is 3.39. The van der Waals surface area contributed by atoms with Gasteiger partial charge in [-0.05, 0) is 44.0 Å². The molecule has 1 N–H and O–H groups in total. The summed E-state index contributed by atoms with van der Waals surface area (Å²) in [5, 5.41) is 3.46. The van der Waals surface area contributed by atoms with E-state index in [1.165, 1.54) is 36.2 Å². The first-order valence-electron chi connectivity index (χ1n) is 8.06. The summed E-state index contributed by atoms with van der Waals surface area (Å²) in [6.07, 6.45) is 8.68. The first-order valence-corrected chi connectivity index (χ1v) is 8.06. The number of benzene rings is 1. The lowest BCUT2D eigenvalue weighted by Crippen LogP contribution is -2.38. The van der Waals surface area contributed by atoms with Crippen molar-refractivity contribution < 1.29 is 0 Å². The Balaban J connectivity index is 2.03. The Kier molecular flexibility index (Phi) is 4.11.